The fraction of sp³-hybridized carbons (Fsp3) is 0.421. The number of amides is 2. The van der Waals surface area contributed by atoms with E-state index in [0.29, 0.717) is 43.2 Å². The highest BCUT2D eigenvalue weighted by atomic mass is 35.5. The maximum absolute atomic E-state index is 12.7. The first-order valence-electron chi connectivity index (χ1n) is 8.69. The lowest BCUT2D eigenvalue weighted by molar-refractivity contribution is -0.142. The quantitative estimate of drug-likeness (QED) is 0.778. The van der Waals surface area contributed by atoms with Crippen LogP contribution in [0.2, 0.25) is 5.02 Å². The van der Waals surface area contributed by atoms with Gasteiger partial charge in [0.15, 0.2) is 0 Å². The summed E-state index contributed by atoms with van der Waals surface area (Å²) < 4.78 is 4.80. The Kier molecular flexibility index (Phi) is 5.93. The lowest BCUT2D eigenvalue weighted by atomic mass is 9.95. The number of carbonyl (C=O) groups excluding carboxylic acids is 2. The molecule has 1 aliphatic rings. The zero-order valence-electron chi connectivity index (χ0n) is 14.7. The number of hydrogen-bond donors (Lipinski definition) is 0. The van der Waals surface area contributed by atoms with Gasteiger partial charge in [-0.2, -0.15) is 0 Å². The summed E-state index contributed by atoms with van der Waals surface area (Å²) in [5.74, 6) is -0.0195. The summed E-state index contributed by atoms with van der Waals surface area (Å²) in [7, 11) is 1.76. The first-order valence-corrected chi connectivity index (χ1v) is 9.07. The predicted octanol–water partition coefficient (Wildman–Crippen LogP) is 2.77. The van der Waals surface area contributed by atoms with Gasteiger partial charge < -0.3 is 14.3 Å². The number of rotatable bonds is 6. The number of benzene rings is 1. The standard InChI is InChI=1S/C19H22ClN3O3/c1-22(13-17-9-11-26-21-17)19(25)15-4-7-18(24)23(12-15)10-8-14-2-5-16(20)6-3-14/h2-3,5-6,9,11,15H,4,7-8,10,12-13H2,1H3. The molecule has 0 saturated carbocycles. The molecule has 6 nitrogen and oxygen atoms in total. The smallest absolute Gasteiger partial charge is 0.227 e. The van der Waals surface area contributed by atoms with Crippen LogP contribution in [-0.4, -0.2) is 46.9 Å². The van der Waals surface area contributed by atoms with Crippen molar-refractivity contribution >= 4 is 23.4 Å². The van der Waals surface area contributed by atoms with Crippen LogP contribution < -0.4 is 0 Å². The predicted molar refractivity (Wildman–Crippen MR) is 97.4 cm³/mol. The SMILES string of the molecule is CN(Cc1ccon1)C(=O)C1CCC(=O)N(CCc2ccc(Cl)cc2)C1. The minimum Gasteiger partial charge on any atom is -0.364 e. The van der Waals surface area contributed by atoms with E-state index < -0.39 is 0 Å². The van der Waals surface area contributed by atoms with Crippen molar-refractivity contribution in [1.82, 2.24) is 15.0 Å². The molecule has 1 unspecified atom stereocenters. The molecule has 0 radical (unpaired) electrons. The Hall–Kier alpha value is -2.34. The average molecular weight is 376 g/mol. The van der Waals surface area contributed by atoms with Crippen molar-refractivity contribution in [2.24, 2.45) is 5.92 Å². The molecule has 2 amide bonds. The maximum atomic E-state index is 12.7. The van der Waals surface area contributed by atoms with Gasteiger partial charge in [-0.25, -0.2) is 0 Å². The molecule has 1 aliphatic heterocycles. The van der Waals surface area contributed by atoms with Gasteiger partial charge in [-0.15, -0.1) is 0 Å². The van der Waals surface area contributed by atoms with Crippen molar-refractivity contribution in [3.8, 4) is 0 Å². The van der Waals surface area contributed by atoms with Gasteiger partial charge in [0.1, 0.15) is 12.0 Å². The maximum Gasteiger partial charge on any atom is 0.227 e. The molecule has 1 fully saturated rings. The summed E-state index contributed by atoms with van der Waals surface area (Å²) >= 11 is 5.90. The number of aromatic nitrogens is 1. The second-order valence-corrected chi connectivity index (χ2v) is 7.07. The van der Waals surface area contributed by atoms with Crippen LogP contribution in [0, 0.1) is 5.92 Å². The van der Waals surface area contributed by atoms with Gasteiger partial charge in [-0.1, -0.05) is 28.9 Å². The second-order valence-electron chi connectivity index (χ2n) is 6.64. The highest BCUT2D eigenvalue weighted by Crippen LogP contribution is 2.21. The Morgan fingerprint density at radius 3 is 2.81 bits per heavy atom. The lowest BCUT2D eigenvalue weighted by Gasteiger charge is -2.33. The van der Waals surface area contributed by atoms with Crippen LogP contribution in [0.1, 0.15) is 24.1 Å². The van der Waals surface area contributed by atoms with Gasteiger partial charge in [0.2, 0.25) is 11.8 Å². The van der Waals surface area contributed by atoms with Crippen molar-refractivity contribution in [1.29, 1.82) is 0 Å². The van der Waals surface area contributed by atoms with Crippen LogP contribution in [0.25, 0.3) is 0 Å². The highest BCUT2D eigenvalue weighted by molar-refractivity contribution is 6.30. The second kappa shape index (κ2) is 8.36. The molecule has 1 aromatic carbocycles. The first-order chi connectivity index (χ1) is 12.5. The molecule has 0 bridgehead atoms. The van der Waals surface area contributed by atoms with Crippen molar-refractivity contribution in [2.45, 2.75) is 25.8 Å². The van der Waals surface area contributed by atoms with Crippen LogP contribution in [0.5, 0.6) is 0 Å². The van der Waals surface area contributed by atoms with E-state index in [-0.39, 0.29) is 17.7 Å². The van der Waals surface area contributed by atoms with E-state index in [1.807, 2.05) is 24.3 Å². The van der Waals surface area contributed by atoms with E-state index in [1.165, 1.54) is 6.26 Å². The van der Waals surface area contributed by atoms with Gasteiger partial charge in [0.05, 0.1) is 12.5 Å². The molecule has 26 heavy (non-hydrogen) atoms. The Bertz CT molecular complexity index is 746. The molecule has 1 aromatic heterocycles. The number of likely N-dealkylation sites (tertiary alicyclic amines) is 1. The van der Waals surface area contributed by atoms with Crippen molar-refractivity contribution in [2.75, 3.05) is 20.1 Å². The first kappa shape index (κ1) is 18.5. The molecule has 7 heteroatoms. The number of halogens is 1. The lowest BCUT2D eigenvalue weighted by Crippen LogP contribution is -2.46. The van der Waals surface area contributed by atoms with Crippen LogP contribution in [-0.2, 0) is 22.6 Å². The molecule has 0 aliphatic carbocycles. The molecular formula is C19H22ClN3O3. The van der Waals surface area contributed by atoms with E-state index in [0.717, 1.165) is 12.0 Å². The monoisotopic (exact) mass is 375 g/mol. The molecule has 1 saturated heterocycles. The molecular weight excluding hydrogens is 354 g/mol. The van der Waals surface area contributed by atoms with Crippen LogP contribution in [0.3, 0.4) is 0 Å². The Labute approximate surface area is 157 Å². The van der Waals surface area contributed by atoms with Crippen LogP contribution in [0.4, 0.5) is 0 Å². The Morgan fingerprint density at radius 1 is 1.35 bits per heavy atom. The van der Waals surface area contributed by atoms with Gasteiger partial charge in [-0.3, -0.25) is 9.59 Å². The molecule has 2 aromatic rings. The molecule has 1 atom stereocenters. The normalized spacial score (nSPS) is 17.4. The molecule has 138 valence electrons. The molecule has 3 rings (SSSR count). The summed E-state index contributed by atoms with van der Waals surface area (Å²) in [6, 6.07) is 9.36. The van der Waals surface area contributed by atoms with E-state index in [4.69, 9.17) is 16.1 Å². The number of piperidine rings is 1. The van der Waals surface area contributed by atoms with Gasteiger partial charge in [0, 0.05) is 37.6 Å². The third-order valence-electron chi connectivity index (χ3n) is 4.70. The molecule has 0 N–H and O–H groups in total. The fourth-order valence-electron chi connectivity index (χ4n) is 3.20. The third-order valence-corrected chi connectivity index (χ3v) is 4.95. The summed E-state index contributed by atoms with van der Waals surface area (Å²) in [5, 5.41) is 4.53. The van der Waals surface area contributed by atoms with Crippen molar-refractivity contribution in [3.63, 3.8) is 0 Å². The van der Waals surface area contributed by atoms with Crippen LogP contribution in [0.15, 0.2) is 41.1 Å². The number of carbonyl (C=O) groups is 2. The topological polar surface area (TPSA) is 66.7 Å². The average Bonchev–Trinajstić information content (AvgIpc) is 3.14. The summed E-state index contributed by atoms with van der Waals surface area (Å²) in [5.41, 5.74) is 1.84. The highest BCUT2D eigenvalue weighted by Gasteiger charge is 2.31. The minimum atomic E-state index is -0.171. The van der Waals surface area contributed by atoms with Gasteiger partial charge in [-0.05, 0) is 30.5 Å². The largest absolute Gasteiger partial charge is 0.364 e. The Morgan fingerprint density at radius 2 is 2.12 bits per heavy atom. The number of nitrogens with zero attached hydrogens (tertiary/aromatic N) is 3. The Balaban J connectivity index is 1.55. The van der Waals surface area contributed by atoms with E-state index in [2.05, 4.69) is 5.16 Å². The number of hydrogen-bond acceptors (Lipinski definition) is 4. The zero-order chi connectivity index (χ0) is 18.5. The van der Waals surface area contributed by atoms with E-state index in [1.54, 1.807) is 22.9 Å². The zero-order valence-corrected chi connectivity index (χ0v) is 15.5. The van der Waals surface area contributed by atoms with E-state index in [9.17, 15) is 9.59 Å². The van der Waals surface area contributed by atoms with Gasteiger partial charge in [0.25, 0.3) is 0 Å². The summed E-state index contributed by atoms with van der Waals surface area (Å²) in [4.78, 5) is 28.4. The third kappa shape index (κ3) is 4.64. The summed E-state index contributed by atoms with van der Waals surface area (Å²) in [6.07, 6.45) is 3.25. The van der Waals surface area contributed by atoms with Gasteiger partial charge >= 0.3 is 0 Å². The van der Waals surface area contributed by atoms with Crippen LogP contribution >= 0.6 is 11.6 Å². The van der Waals surface area contributed by atoms with E-state index >= 15 is 0 Å². The molecule has 0 spiro atoms. The van der Waals surface area contributed by atoms with Crippen molar-refractivity contribution < 1.29 is 14.1 Å². The molecule has 2 heterocycles. The fourth-order valence-corrected chi connectivity index (χ4v) is 3.33. The van der Waals surface area contributed by atoms with Crippen molar-refractivity contribution in [3.05, 3.63) is 52.9 Å². The minimum absolute atomic E-state index is 0.0389. The summed E-state index contributed by atoms with van der Waals surface area (Å²) in [6.45, 7) is 1.48.